The Morgan fingerprint density at radius 1 is 1.16 bits per heavy atom. The van der Waals surface area contributed by atoms with Crippen LogP contribution in [0, 0.1) is 0 Å². The number of imidazole rings is 1. The molecule has 2 aliphatic rings. The smallest absolute Gasteiger partial charge is 0.248 e. The van der Waals surface area contributed by atoms with Crippen molar-refractivity contribution in [1.82, 2.24) is 19.5 Å². The van der Waals surface area contributed by atoms with E-state index in [0.717, 1.165) is 40.3 Å². The summed E-state index contributed by atoms with van der Waals surface area (Å²) < 4.78 is 6.95. The number of benzene rings is 1. The zero-order valence-corrected chi connectivity index (χ0v) is 18.6. The molecule has 8 nitrogen and oxygen atoms in total. The lowest BCUT2D eigenvalue weighted by Gasteiger charge is -2.34. The number of methoxy groups -OCH3 is 1. The molecule has 0 bridgehead atoms. The van der Waals surface area contributed by atoms with E-state index < -0.39 is 0 Å². The van der Waals surface area contributed by atoms with Gasteiger partial charge >= 0.3 is 0 Å². The van der Waals surface area contributed by atoms with Crippen molar-refractivity contribution in [2.45, 2.75) is 31.7 Å². The van der Waals surface area contributed by atoms with Crippen molar-refractivity contribution in [2.75, 3.05) is 50.1 Å². The molecular weight excluding hydrogens is 412 g/mol. The summed E-state index contributed by atoms with van der Waals surface area (Å²) in [6.07, 6.45) is 4.93. The molecule has 9 heteroatoms. The van der Waals surface area contributed by atoms with E-state index in [1.54, 1.807) is 18.4 Å². The van der Waals surface area contributed by atoms with Crippen molar-refractivity contribution in [3.8, 4) is 11.3 Å². The highest BCUT2D eigenvalue weighted by Crippen LogP contribution is 2.35. The standard InChI is InChI=1S/C22H28N6O2S/c1-30-15-18(29)26-11-13-27(14-12-26)22-25-28-20(23-17-9-5-6-10-17)19(24-21(28)31-22)16-7-3-2-4-8-16/h2-4,7-8,17,23H,5-6,9-15H2,1H3. The molecule has 3 heterocycles. The molecule has 0 atom stereocenters. The van der Waals surface area contributed by atoms with Crippen LogP contribution in [0.1, 0.15) is 25.7 Å². The minimum absolute atomic E-state index is 0.0478. The van der Waals surface area contributed by atoms with Crippen molar-refractivity contribution in [2.24, 2.45) is 0 Å². The minimum Gasteiger partial charge on any atom is -0.375 e. The zero-order chi connectivity index (χ0) is 21.2. The van der Waals surface area contributed by atoms with Crippen LogP contribution in [-0.2, 0) is 9.53 Å². The minimum atomic E-state index is 0.0478. The number of amides is 1. The van der Waals surface area contributed by atoms with E-state index in [9.17, 15) is 4.79 Å². The molecule has 2 aromatic heterocycles. The van der Waals surface area contributed by atoms with Gasteiger partial charge in [0.2, 0.25) is 16.0 Å². The summed E-state index contributed by atoms with van der Waals surface area (Å²) in [5, 5.41) is 9.64. The molecule has 0 unspecified atom stereocenters. The molecule has 0 spiro atoms. The summed E-state index contributed by atoms with van der Waals surface area (Å²) in [6, 6.07) is 10.8. The fourth-order valence-corrected chi connectivity index (χ4v) is 5.37. The summed E-state index contributed by atoms with van der Waals surface area (Å²) in [5.74, 6) is 1.04. The second-order valence-electron chi connectivity index (χ2n) is 8.18. The lowest BCUT2D eigenvalue weighted by atomic mass is 10.1. The molecule has 3 aromatic rings. The van der Waals surface area contributed by atoms with E-state index >= 15 is 0 Å². The number of hydrogen-bond donors (Lipinski definition) is 1. The van der Waals surface area contributed by atoms with Crippen LogP contribution in [0.5, 0.6) is 0 Å². The predicted molar refractivity (Wildman–Crippen MR) is 123 cm³/mol. The maximum Gasteiger partial charge on any atom is 0.248 e. The molecule has 0 radical (unpaired) electrons. The number of hydrogen-bond acceptors (Lipinski definition) is 7. The summed E-state index contributed by atoms with van der Waals surface area (Å²) in [5.41, 5.74) is 2.07. The zero-order valence-electron chi connectivity index (χ0n) is 17.8. The van der Waals surface area contributed by atoms with Crippen LogP contribution in [0.25, 0.3) is 16.2 Å². The van der Waals surface area contributed by atoms with Gasteiger partial charge in [0.05, 0.1) is 0 Å². The van der Waals surface area contributed by atoms with Crippen molar-refractivity contribution < 1.29 is 9.53 Å². The normalized spacial score (nSPS) is 17.6. The Bertz CT molecular complexity index is 1040. The van der Waals surface area contributed by atoms with Crippen LogP contribution in [0.4, 0.5) is 10.9 Å². The van der Waals surface area contributed by atoms with Crippen LogP contribution in [0.2, 0.25) is 0 Å². The average molecular weight is 441 g/mol. The largest absolute Gasteiger partial charge is 0.375 e. The van der Waals surface area contributed by atoms with E-state index in [0.29, 0.717) is 19.1 Å². The third-order valence-electron chi connectivity index (χ3n) is 6.11. The molecule has 2 fully saturated rings. The number of anilines is 2. The van der Waals surface area contributed by atoms with Gasteiger partial charge < -0.3 is 19.9 Å². The van der Waals surface area contributed by atoms with Gasteiger partial charge in [-0.25, -0.2) is 4.98 Å². The second kappa shape index (κ2) is 8.84. The number of fused-ring (bicyclic) bond motifs is 1. The lowest BCUT2D eigenvalue weighted by molar-refractivity contribution is -0.135. The van der Waals surface area contributed by atoms with Gasteiger partial charge in [0.25, 0.3) is 0 Å². The fraction of sp³-hybridized carbons (Fsp3) is 0.500. The van der Waals surface area contributed by atoms with E-state index in [1.807, 2.05) is 27.6 Å². The van der Waals surface area contributed by atoms with Gasteiger partial charge in [-0.2, -0.15) is 4.52 Å². The fourth-order valence-electron chi connectivity index (χ4n) is 4.42. The Balaban J connectivity index is 1.41. The summed E-state index contributed by atoms with van der Waals surface area (Å²) in [6.45, 7) is 3.05. The van der Waals surface area contributed by atoms with Gasteiger partial charge in [-0.15, -0.1) is 5.10 Å². The van der Waals surface area contributed by atoms with E-state index in [4.69, 9.17) is 14.8 Å². The number of aromatic nitrogens is 3. The summed E-state index contributed by atoms with van der Waals surface area (Å²) in [4.78, 5) is 22.0. The number of nitrogens with zero attached hydrogens (tertiary/aromatic N) is 5. The maximum absolute atomic E-state index is 12.1. The van der Waals surface area contributed by atoms with E-state index in [1.165, 1.54) is 25.7 Å². The molecular formula is C22H28N6O2S. The molecule has 5 rings (SSSR count). The molecule has 1 amide bonds. The molecule has 1 saturated carbocycles. The monoisotopic (exact) mass is 440 g/mol. The lowest BCUT2D eigenvalue weighted by Crippen LogP contribution is -2.49. The third-order valence-corrected chi connectivity index (χ3v) is 7.08. The van der Waals surface area contributed by atoms with Gasteiger partial charge in [0.15, 0.2) is 5.82 Å². The number of carbonyl (C=O) groups is 1. The molecule has 164 valence electrons. The number of piperazine rings is 1. The Morgan fingerprint density at radius 3 is 2.61 bits per heavy atom. The second-order valence-corrected chi connectivity index (χ2v) is 9.12. The topological polar surface area (TPSA) is 75.0 Å². The first kappa shape index (κ1) is 20.3. The summed E-state index contributed by atoms with van der Waals surface area (Å²) in [7, 11) is 1.56. The first-order valence-electron chi connectivity index (χ1n) is 11.0. The highest BCUT2D eigenvalue weighted by atomic mass is 32.1. The highest BCUT2D eigenvalue weighted by molar-refractivity contribution is 7.20. The SMILES string of the molecule is COCC(=O)N1CCN(c2nn3c(NC4CCCC4)c(-c4ccccc4)nc3s2)CC1. The predicted octanol–water partition coefficient (Wildman–Crippen LogP) is 3.11. The van der Waals surface area contributed by atoms with Crippen molar-refractivity contribution in [1.29, 1.82) is 0 Å². The van der Waals surface area contributed by atoms with Gasteiger partial charge in [0, 0.05) is 44.9 Å². The first-order valence-corrected chi connectivity index (χ1v) is 11.8. The van der Waals surface area contributed by atoms with Gasteiger partial charge in [0.1, 0.15) is 12.3 Å². The number of rotatable bonds is 6. The van der Waals surface area contributed by atoms with Crippen LogP contribution >= 0.6 is 11.3 Å². The Kier molecular flexibility index (Phi) is 5.78. The van der Waals surface area contributed by atoms with E-state index in [-0.39, 0.29) is 12.5 Å². The molecule has 1 N–H and O–H groups in total. The van der Waals surface area contributed by atoms with Gasteiger partial charge in [-0.1, -0.05) is 54.5 Å². The van der Waals surface area contributed by atoms with Gasteiger partial charge in [-0.3, -0.25) is 4.79 Å². The van der Waals surface area contributed by atoms with E-state index in [2.05, 4.69) is 22.3 Å². The van der Waals surface area contributed by atoms with Gasteiger partial charge in [-0.05, 0) is 12.8 Å². The highest BCUT2D eigenvalue weighted by Gasteiger charge is 2.26. The van der Waals surface area contributed by atoms with Crippen molar-refractivity contribution in [3.05, 3.63) is 30.3 Å². The van der Waals surface area contributed by atoms with Crippen molar-refractivity contribution >= 4 is 33.2 Å². The van der Waals surface area contributed by atoms with Crippen LogP contribution in [-0.4, -0.2) is 71.3 Å². The summed E-state index contributed by atoms with van der Waals surface area (Å²) >= 11 is 1.61. The Labute approximate surface area is 185 Å². The number of carbonyl (C=O) groups excluding carboxylic acids is 1. The average Bonchev–Trinajstić information content (AvgIpc) is 3.53. The first-order chi connectivity index (χ1) is 15.2. The quantitative estimate of drug-likeness (QED) is 0.635. The molecule has 31 heavy (non-hydrogen) atoms. The van der Waals surface area contributed by atoms with Crippen molar-refractivity contribution in [3.63, 3.8) is 0 Å². The van der Waals surface area contributed by atoms with Crippen LogP contribution < -0.4 is 10.2 Å². The molecule has 1 saturated heterocycles. The van der Waals surface area contributed by atoms with Crippen LogP contribution in [0.3, 0.4) is 0 Å². The third kappa shape index (κ3) is 4.12. The Morgan fingerprint density at radius 2 is 1.90 bits per heavy atom. The maximum atomic E-state index is 12.1. The Hall–Kier alpha value is -2.65. The number of nitrogens with one attached hydrogen (secondary N) is 1. The van der Waals surface area contributed by atoms with Crippen LogP contribution in [0.15, 0.2) is 30.3 Å². The molecule has 1 aliphatic carbocycles. The molecule has 1 aromatic carbocycles. The number of ether oxygens (including phenoxy) is 1. The molecule has 1 aliphatic heterocycles.